The van der Waals surface area contributed by atoms with Gasteiger partial charge in [0.2, 0.25) is 3.79 Å². The van der Waals surface area contributed by atoms with Crippen molar-refractivity contribution >= 4 is 46.6 Å². The van der Waals surface area contributed by atoms with E-state index in [0.717, 1.165) is 6.92 Å². The van der Waals surface area contributed by atoms with Gasteiger partial charge in [-0.15, -0.1) is 0 Å². The molecule has 0 spiro atoms. The average Bonchev–Trinajstić information content (AvgIpc) is 2.11. The lowest BCUT2D eigenvalue weighted by atomic mass is 9.97. The van der Waals surface area contributed by atoms with Crippen LogP contribution in [0.5, 0.6) is 0 Å². The van der Waals surface area contributed by atoms with Crippen molar-refractivity contribution in [3.63, 3.8) is 0 Å². The Kier molecular flexibility index (Phi) is 6.58. The van der Waals surface area contributed by atoms with Crippen molar-refractivity contribution in [1.82, 2.24) is 5.48 Å². The zero-order valence-corrected chi connectivity index (χ0v) is 10.9. The number of nitrogens with one attached hydrogen (secondary N) is 1. The number of carbonyl (C=O) groups is 2. The fourth-order valence-corrected chi connectivity index (χ4v) is 1.63. The molecule has 2 N–H and O–H groups in total. The predicted octanol–water partition coefficient (Wildman–Crippen LogP) is 1.47. The number of Topliss-reactive ketones (excluding diaryl/α,β-unsaturated/α-hetero) is 1. The molecule has 0 saturated carbocycles. The normalized spacial score (nSPS) is 15.4. The van der Waals surface area contributed by atoms with E-state index in [1.165, 1.54) is 0 Å². The van der Waals surface area contributed by atoms with Crippen LogP contribution in [0.3, 0.4) is 0 Å². The molecular weight excluding hydrogens is 280 g/mol. The molecule has 8 heteroatoms. The van der Waals surface area contributed by atoms with E-state index in [1.807, 2.05) is 0 Å². The Morgan fingerprint density at radius 3 is 2.19 bits per heavy atom. The molecule has 0 aliphatic carbocycles. The maximum Gasteiger partial charge on any atom is 0.318 e. The van der Waals surface area contributed by atoms with Crippen LogP contribution in [0.2, 0.25) is 0 Å². The van der Waals surface area contributed by atoms with Gasteiger partial charge in [0.1, 0.15) is 11.7 Å². The summed E-state index contributed by atoms with van der Waals surface area (Å²) in [5.74, 6) is -2.80. The molecule has 0 aliphatic rings. The van der Waals surface area contributed by atoms with Crippen LogP contribution in [0.1, 0.15) is 13.8 Å². The molecule has 0 fully saturated rings. The fourth-order valence-electron chi connectivity index (χ4n) is 1.11. The van der Waals surface area contributed by atoms with Crippen LogP contribution in [0.4, 0.5) is 0 Å². The van der Waals surface area contributed by atoms with Crippen molar-refractivity contribution in [2.75, 3.05) is 6.61 Å². The summed E-state index contributed by atoms with van der Waals surface area (Å²) in [7, 11) is 0. The quantitative estimate of drug-likeness (QED) is 0.347. The van der Waals surface area contributed by atoms with Gasteiger partial charge in [0.25, 0.3) is 0 Å². The first kappa shape index (κ1) is 15.9. The fraction of sp³-hybridized carbons (Fsp3) is 0.750. The second-order valence-corrected chi connectivity index (χ2v) is 5.36. The third kappa shape index (κ3) is 4.43. The highest BCUT2D eigenvalue weighted by atomic mass is 35.6. The van der Waals surface area contributed by atoms with Crippen molar-refractivity contribution in [2.45, 2.75) is 23.7 Å². The van der Waals surface area contributed by atoms with Gasteiger partial charge in [0.05, 0.1) is 12.6 Å². The first-order valence-electron chi connectivity index (χ1n) is 4.39. The Morgan fingerprint density at radius 2 is 1.94 bits per heavy atom. The van der Waals surface area contributed by atoms with E-state index >= 15 is 0 Å². The number of hydroxylamine groups is 1. The number of carbonyl (C=O) groups excluding carboxylic acids is 2. The SMILES string of the molecule is CCOC(=O)[C@@H](C(C)=O)[C@@H](NO)C(Cl)(Cl)Cl. The Labute approximate surface area is 108 Å². The molecular formula is C8H12Cl3NO4. The molecule has 0 aliphatic heterocycles. The number of ketones is 1. The summed E-state index contributed by atoms with van der Waals surface area (Å²) in [6, 6.07) is -1.37. The van der Waals surface area contributed by atoms with Crippen LogP contribution in [0, 0.1) is 5.92 Å². The number of hydrogen-bond donors (Lipinski definition) is 2. The molecule has 0 bridgehead atoms. The summed E-state index contributed by atoms with van der Waals surface area (Å²) < 4.78 is 2.64. The summed E-state index contributed by atoms with van der Waals surface area (Å²) >= 11 is 16.6. The van der Waals surface area contributed by atoms with Gasteiger partial charge in [-0.25, -0.2) is 0 Å². The van der Waals surface area contributed by atoms with Crippen molar-refractivity contribution in [2.24, 2.45) is 5.92 Å². The summed E-state index contributed by atoms with van der Waals surface area (Å²) in [4.78, 5) is 22.7. The molecule has 0 heterocycles. The second-order valence-electron chi connectivity index (χ2n) is 2.99. The minimum atomic E-state index is -2.02. The Balaban J connectivity index is 5.02. The van der Waals surface area contributed by atoms with Crippen LogP contribution in [-0.4, -0.2) is 33.4 Å². The van der Waals surface area contributed by atoms with E-state index in [0.29, 0.717) is 0 Å². The van der Waals surface area contributed by atoms with Gasteiger partial charge in [-0.2, -0.15) is 5.48 Å². The zero-order chi connectivity index (χ0) is 12.9. The monoisotopic (exact) mass is 291 g/mol. The van der Waals surface area contributed by atoms with Gasteiger partial charge in [-0.1, -0.05) is 34.8 Å². The molecule has 94 valence electrons. The Morgan fingerprint density at radius 1 is 1.44 bits per heavy atom. The van der Waals surface area contributed by atoms with E-state index in [2.05, 4.69) is 4.74 Å². The van der Waals surface area contributed by atoms with Crippen LogP contribution in [-0.2, 0) is 14.3 Å². The number of esters is 1. The highest BCUT2D eigenvalue weighted by Gasteiger charge is 2.45. The number of alkyl halides is 3. The Bertz CT molecular complexity index is 266. The standard InChI is InChI=1S/C8H12Cl3NO4/c1-3-16-7(14)5(4(2)13)6(12-15)8(9,10)11/h5-6,12,15H,3H2,1-2H3/t5-,6+/m0/s1. The summed E-state index contributed by atoms with van der Waals surface area (Å²) in [6.45, 7) is 2.80. The van der Waals surface area contributed by atoms with Crippen molar-refractivity contribution < 1.29 is 19.5 Å². The van der Waals surface area contributed by atoms with Gasteiger partial charge in [0, 0.05) is 0 Å². The number of halogens is 3. The molecule has 5 nitrogen and oxygen atoms in total. The maximum atomic E-state index is 11.5. The van der Waals surface area contributed by atoms with Crippen LogP contribution >= 0.6 is 34.8 Å². The van der Waals surface area contributed by atoms with E-state index in [9.17, 15) is 9.59 Å². The zero-order valence-electron chi connectivity index (χ0n) is 8.67. The lowest BCUT2D eigenvalue weighted by Crippen LogP contribution is -2.50. The van der Waals surface area contributed by atoms with E-state index < -0.39 is 27.5 Å². The minimum Gasteiger partial charge on any atom is -0.465 e. The molecule has 0 unspecified atom stereocenters. The molecule has 0 aromatic rings. The summed E-state index contributed by atoms with van der Waals surface area (Å²) in [5.41, 5.74) is 1.65. The average molecular weight is 293 g/mol. The third-order valence-corrected chi connectivity index (χ3v) is 2.51. The van der Waals surface area contributed by atoms with Gasteiger partial charge >= 0.3 is 5.97 Å². The maximum absolute atomic E-state index is 11.5. The van der Waals surface area contributed by atoms with Crippen LogP contribution in [0.15, 0.2) is 0 Å². The van der Waals surface area contributed by atoms with E-state index in [1.54, 1.807) is 12.4 Å². The van der Waals surface area contributed by atoms with Crippen molar-refractivity contribution in [3.05, 3.63) is 0 Å². The van der Waals surface area contributed by atoms with Gasteiger partial charge < -0.3 is 9.94 Å². The van der Waals surface area contributed by atoms with Crippen LogP contribution < -0.4 is 5.48 Å². The highest BCUT2D eigenvalue weighted by Crippen LogP contribution is 2.34. The molecule has 2 atom stereocenters. The van der Waals surface area contributed by atoms with Crippen LogP contribution in [0.25, 0.3) is 0 Å². The van der Waals surface area contributed by atoms with E-state index in [4.69, 9.17) is 40.0 Å². The molecule has 0 aromatic carbocycles. The molecule has 0 rings (SSSR count). The lowest BCUT2D eigenvalue weighted by molar-refractivity contribution is -0.153. The molecule has 0 aromatic heterocycles. The predicted molar refractivity (Wildman–Crippen MR) is 59.8 cm³/mol. The minimum absolute atomic E-state index is 0.0839. The number of hydrogen-bond acceptors (Lipinski definition) is 5. The molecule has 0 radical (unpaired) electrons. The third-order valence-electron chi connectivity index (χ3n) is 1.80. The Hall–Kier alpha value is -0.0700. The van der Waals surface area contributed by atoms with Gasteiger partial charge in [-0.3, -0.25) is 9.59 Å². The van der Waals surface area contributed by atoms with Gasteiger partial charge in [0.15, 0.2) is 0 Å². The molecule has 0 saturated heterocycles. The first-order chi connectivity index (χ1) is 7.25. The largest absolute Gasteiger partial charge is 0.465 e. The number of rotatable bonds is 5. The first-order valence-corrected chi connectivity index (χ1v) is 5.52. The number of ether oxygens (including phenoxy) is 1. The summed E-state index contributed by atoms with van der Waals surface area (Å²) in [5, 5.41) is 8.83. The molecule has 0 amide bonds. The summed E-state index contributed by atoms with van der Waals surface area (Å²) in [6.07, 6.45) is 0. The topological polar surface area (TPSA) is 75.6 Å². The van der Waals surface area contributed by atoms with Crippen molar-refractivity contribution in [3.8, 4) is 0 Å². The van der Waals surface area contributed by atoms with Crippen molar-refractivity contribution in [1.29, 1.82) is 0 Å². The highest BCUT2D eigenvalue weighted by molar-refractivity contribution is 6.68. The second kappa shape index (κ2) is 6.61. The molecule has 16 heavy (non-hydrogen) atoms. The van der Waals surface area contributed by atoms with E-state index in [-0.39, 0.29) is 6.61 Å². The van der Waals surface area contributed by atoms with Gasteiger partial charge in [-0.05, 0) is 13.8 Å². The lowest BCUT2D eigenvalue weighted by Gasteiger charge is -2.27. The smallest absolute Gasteiger partial charge is 0.318 e.